The number of halogens is 1. The number of hydrogen-bond acceptors (Lipinski definition) is 3. The Hall–Kier alpha value is -3.05. The van der Waals surface area contributed by atoms with E-state index in [9.17, 15) is 4.79 Å². The molecular formula is C22H22ClN3O2. The van der Waals surface area contributed by atoms with Gasteiger partial charge >= 0.3 is 0 Å². The number of nitrogens with zero attached hydrogens (tertiary/aromatic N) is 2. The molecule has 6 heteroatoms. The topological polar surface area (TPSA) is 55.6 Å². The Balaban J connectivity index is 1.69. The van der Waals surface area contributed by atoms with E-state index in [0.717, 1.165) is 34.0 Å². The third-order valence-electron chi connectivity index (χ3n) is 4.43. The zero-order chi connectivity index (χ0) is 20.1. The molecule has 0 bridgehead atoms. The van der Waals surface area contributed by atoms with Crippen LogP contribution in [-0.4, -0.2) is 23.8 Å². The number of carbonyl (C=O) groups is 1. The Morgan fingerprint density at radius 2 is 1.96 bits per heavy atom. The number of methoxy groups -OCH3 is 1. The standard InChI is InChI=1S/C22H22ClN3O2/c1-15-10-18(16(2)26(15)20-8-5-7-19(23)13-20)14-24-25-22(27)12-17-6-4-9-21(11-17)28-3/h4-11,13-14H,12H2,1-3H3,(H,25,27)/b24-14+. The molecule has 0 saturated carbocycles. The Morgan fingerprint density at radius 1 is 1.18 bits per heavy atom. The van der Waals surface area contributed by atoms with Gasteiger partial charge < -0.3 is 9.30 Å². The van der Waals surface area contributed by atoms with Crippen LogP contribution in [0.5, 0.6) is 5.75 Å². The van der Waals surface area contributed by atoms with Crippen molar-refractivity contribution in [2.75, 3.05) is 7.11 Å². The Morgan fingerprint density at radius 3 is 2.71 bits per heavy atom. The van der Waals surface area contributed by atoms with E-state index < -0.39 is 0 Å². The summed E-state index contributed by atoms with van der Waals surface area (Å²) in [7, 11) is 1.60. The summed E-state index contributed by atoms with van der Waals surface area (Å²) in [5, 5.41) is 4.80. The van der Waals surface area contributed by atoms with Gasteiger partial charge in [-0.25, -0.2) is 5.43 Å². The number of amides is 1. The highest BCUT2D eigenvalue weighted by Crippen LogP contribution is 2.22. The fourth-order valence-corrected chi connectivity index (χ4v) is 3.30. The van der Waals surface area contributed by atoms with E-state index in [-0.39, 0.29) is 12.3 Å². The van der Waals surface area contributed by atoms with Crippen LogP contribution >= 0.6 is 11.6 Å². The molecule has 0 fully saturated rings. The summed E-state index contributed by atoms with van der Waals surface area (Å²) in [6.07, 6.45) is 1.89. The summed E-state index contributed by atoms with van der Waals surface area (Å²) >= 11 is 6.12. The molecule has 0 atom stereocenters. The van der Waals surface area contributed by atoms with Crippen LogP contribution in [0.15, 0.2) is 59.7 Å². The number of benzene rings is 2. The van der Waals surface area contributed by atoms with E-state index >= 15 is 0 Å². The van der Waals surface area contributed by atoms with Crippen LogP contribution in [0.2, 0.25) is 5.02 Å². The highest BCUT2D eigenvalue weighted by molar-refractivity contribution is 6.30. The molecule has 3 rings (SSSR count). The van der Waals surface area contributed by atoms with Gasteiger partial charge in [-0.15, -0.1) is 0 Å². The maximum Gasteiger partial charge on any atom is 0.244 e. The molecule has 28 heavy (non-hydrogen) atoms. The van der Waals surface area contributed by atoms with Gasteiger partial charge in [0.15, 0.2) is 0 Å². The van der Waals surface area contributed by atoms with Crippen LogP contribution in [0.1, 0.15) is 22.5 Å². The molecule has 1 aromatic heterocycles. The van der Waals surface area contributed by atoms with Gasteiger partial charge in [0, 0.05) is 27.7 Å². The van der Waals surface area contributed by atoms with Crippen LogP contribution in [0.4, 0.5) is 0 Å². The molecule has 3 aromatic rings. The normalized spacial score (nSPS) is 11.0. The van der Waals surface area contributed by atoms with Crippen molar-refractivity contribution in [3.05, 3.63) is 82.1 Å². The first kappa shape index (κ1) is 19.7. The summed E-state index contributed by atoms with van der Waals surface area (Å²) in [4.78, 5) is 12.1. The summed E-state index contributed by atoms with van der Waals surface area (Å²) in [5.41, 5.74) is 7.45. The van der Waals surface area contributed by atoms with Crippen LogP contribution in [0.3, 0.4) is 0 Å². The Bertz CT molecular complexity index is 1020. The highest BCUT2D eigenvalue weighted by atomic mass is 35.5. The van der Waals surface area contributed by atoms with E-state index in [1.54, 1.807) is 13.3 Å². The van der Waals surface area contributed by atoms with E-state index in [1.165, 1.54) is 0 Å². The van der Waals surface area contributed by atoms with Crippen molar-refractivity contribution in [2.24, 2.45) is 5.10 Å². The van der Waals surface area contributed by atoms with Crippen LogP contribution in [-0.2, 0) is 11.2 Å². The fourth-order valence-electron chi connectivity index (χ4n) is 3.11. The number of hydrazone groups is 1. The second-order valence-electron chi connectivity index (χ2n) is 6.46. The van der Waals surface area contributed by atoms with E-state index in [2.05, 4.69) is 15.1 Å². The summed E-state index contributed by atoms with van der Waals surface area (Å²) in [6.45, 7) is 4.03. The van der Waals surface area contributed by atoms with Crippen LogP contribution < -0.4 is 10.2 Å². The predicted molar refractivity (Wildman–Crippen MR) is 113 cm³/mol. The van der Waals surface area contributed by atoms with Crippen LogP contribution in [0.25, 0.3) is 5.69 Å². The molecule has 0 aliphatic carbocycles. The Labute approximate surface area is 169 Å². The maximum atomic E-state index is 12.1. The van der Waals surface area contributed by atoms with Gasteiger partial charge in [0.05, 0.1) is 19.7 Å². The first-order valence-electron chi connectivity index (χ1n) is 8.87. The monoisotopic (exact) mass is 395 g/mol. The molecule has 0 saturated heterocycles. The van der Waals surface area contributed by atoms with Crippen molar-refractivity contribution in [3.63, 3.8) is 0 Å². The van der Waals surface area contributed by atoms with Crippen molar-refractivity contribution in [1.82, 2.24) is 9.99 Å². The molecule has 5 nitrogen and oxygen atoms in total. The van der Waals surface area contributed by atoms with Gasteiger partial charge in [0.1, 0.15) is 5.75 Å². The van der Waals surface area contributed by atoms with Gasteiger partial charge in [-0.2, -0.15) is 5.10 Å². The number of carbonyl (C=O) groups excluding carboxylic acids is 1. The molecule has 0 aliphatic heterocycles. The lowest BCUT2D eigenvalue weighted by Crippen LogP contribution is -2.19. The predicted octanol–water partition coefficient (Wildman–Crippen LogP) is 4.45. The first-order chi connectivity index (χ1) is 13.5. The molecule has 0 radical (unpaired) electrons. The summed E-state index contributed by atoms with van der Waals surface area (Å²) in [5.74, 6) is 0.537. The highest BCUT2D eigenvalue weighted by Gasteiger charge is 2.10. The average molecular weight is 396 g/mol. The fraction of sp³-hybridized carbons (Fsp3) is 0.182. The zero-order valence-corrected chi connectivity index (χ0v) is 16.8. The minimum atomic E-state index is -0.187. The number of ether oxygens (including phenoxy) is 1. The number of aryl methyl sites for hydroxylation is 1. The lowest BCUT2D eigenvalue weighted by atomic mass is 10.1. The number of nitrogens with one attached hydrogen (secondary N) is 1. The second-order valence-corrected chi connectivity index (χ2v) is 6.90. The number of aromatic nitrogens is 1. The molecule has 0 unspecified atom stereocenters. The Kier molecular flexibility index (Phi) is 6.16. The van der Waals surface area contributed by atoms with Gasteiger partial charge in [-0.1, -0.05) is 29.8 Å². The molecule has 144 valence electrons. The average Bonchev–Trinajstić information content (AvgIpc) is 2.95. The van der Waals surface area contributed by atoms with Gasteiger partial charge in [-0.3, -0.25) is 4.79 Å². The van der Waals surface area contributed by atoms with Gasteiger partial charge in [0.2, 0.25) is 5.91 Å². The van der Waals surface area contributed by atoms with E-state index in [4.69, 9.17) is 16.3 Å². The van der Waals surface area contributed by atoms with E-state index in [1.807, 2.05) is 68.4 Å². The smallest absolute Gasteiger partial charge is 0.244 e. The third-order valence-corrected chi connectivity index (χ3v) is 4.66. The van der Waals surface area contributed by atoms with Crippen molar-refractivity contribution >= 4 is 23.7 Å². The largest absolute Gasteiger partial charge is 0.497 e. The first-order valence-corrected chi connectivity index (χ1v) is 9.25. The van der Waals surface area contributed by atoms with Crippen molar-refractivity contribution in [3.8, 4) is 11.4 Å². The summed E-state index contributed by atoms with van der Waals surface area (Å²) < 4.78 is 7.28. The maximum absolute atomic E-state index is 12.1. The number of rotatable bonds is 6. The third kappa shape index (κ3) is 4.61. The second kappa shape index (κ2) is 8.76. The molecule has 1 N–H and O–H groups in total. The van der Waals surface area contributed by atoms with Crippen molar-refractivity contribution in [2.45, 2.75) is 20.3 Å². The molecular weight excluding hydrogens is 374 g/mol. The molecule has 0 aliphatic rings. The minimum absolute atomic E-state index is 0.187. The molecule has 0 spiro atoms. The molecule has 1 heterocycles. The summed E-state index contributed by atoms with van der Waals surface area (Å²) in [6, 6.07) is 17.1. The quantitative estimate of drug-likeness (QED) is 0.495. The van der Waals surface area contributed by atoms with Crippen molar-refractivity contribution in [1.29, 1.82) is 0 Å². The molecule has 2 aromatic carbocycles. The van der Waals surface area contributed by atoms with E-state index in [0.29, 0.717) is 5.02 Å². The lowest BCUT2D eigenvalue weighted by Gasteiger charge is -2.09. The zero-order valence-electron chi connectivity index (χ0n) is 16.1. The van der Waals surface area contributed by atoms with Crippen molar-refractivity contribution < 1.29 is 9.53 Å². The minimum Gasteiger partial charge on any atom is -0.497 e. The van der Waals surface area contributed by atoms with Crippen LogP contribution in [0, 0.1) is 13.8 Å². The number of hydrogen-bond donors (Lipinski definition) is 1. The SMILES string of the molecule is COc1cccc(CC(=O)N/N=C/c2cc(C)n(-c3cccc(Cl)c3)c2C)c1. The van der Waals surface area contributed by atoms with Gasteiger partial charge in [0.25, 0.3) is 0 Å². The lowest BCUT2D eigenvalue weighted by molar-refractivity contribution is -0.120. The molecule has 1 amide bonds. The van der Waals surface area contributed by atoms with Gasteiger partial charge in [-0.05, 0) is 55.8 Å².